The first-order valence-electron chi connectivity index (χ1n) is 8.83. The van der Waals surface area contributed by atoms with E-state index in [4.69, 9.17) is 0 Å². The van der Waals surface area contributed by atoms with E-state index in [0.717, 1.165) is 23.2 Å². The molecule has 2 atom stereocenters. The van der Waals surface area contributed by atoms with Crippen LogP contribution in [0.25, 0.3) is 5.69 Å². The summed E-state index contributed by atoms with van der Waals surface area (Å²) in [4.78, 5) is 12.3. The molecule has 0 spiro atoms. The molecular weight excluding hydrogens is 334 g/mol. The molecule has 0 bridgehead atoms. The molecule has 7 heteroatoms. The summed E-state index contributed by atoms with van der Waals surface area (Å²) in [5.41, 5.74) is 3.19. The van der Waals surface area contributed by atoms with Gasteiger partial charge in [0, 0.05) is 6.04 Å². The summed E-state index contributed by atoms with van der Waals surface area (Å²) in [7, 11) is 0. The largest absolute Gasteiger partial charge is 0.352 e. The van der Waals surface area contributed by atoms with E-state index in [-0.39, 0.29) is 5.91 Å². The van der Waals surface area contributed by atoms with Crippen LogP contribution in [0.4, 0.5) is 0 Å². The number of amides is 1. The number of carbonyl (C=O) groups is 1. The highest BCUT2D eigenvalue weighted by Gasteiger charge is 2.23. The van der Waals surface area contributed by atoms with Crippen molar-refractivity contribution in [3.05, 3.63) is 29.3 Å². The molecule has 0 radical (unpaired) electrons. The molecule has 1 saturated carbocycles. The molecule has 1 fully saturated rings. The quantitative estimate of drug-likeness (QED) is 0.831. The highest BCUT2D eigenvalue weighted by atomic mass is 32.2. The minimum atomic E-state index is 0.0554. The number of nitrogens with one attached hydrogen (secondary N) is 1. The molecule has 134 valence electrons. The van der Waals surface area contributed by atoms with Gasteiger partial charge in [0.25, 0.3) is 0 Å². The second-order valence-corrected chi connectivity index (χ2v) is 7.78. The second-order valence-electron chi connectivity index (χ2n) is 6.84. The predicted molar refractivity (Wildman–Crippen MR) is 98.9 cm³/mol. The van der Waals surface area contributed by atoms with Gasteiger partial charge in [0.2, 0.25) is 11.1 Å². The summed E-state index contributed by atoms with van der Waals surface area (Å²) in [5, 5.41) is 15.8. The Balaban J connectivity index is 1.65. The van der Waals surface area contributed by atoms with Gasteiger partial charge < -0.3 is 5.32 Å². The van der Waals surface area contributed by atoms with E-state index in [1.54, 1.807) is 4.68 Å². The number of nitrogens with zero attached hydrogens (tertiary/aromatic N) is 4. The maximum atomic E-state index is 12.3. The average Bonchev–Trinajstić information content (AvgIpc) is 3.03. The lowest BCUT2D eigenvalue weighted by Crippen LogP contribution is -2.41. The van der Waals surface area contributed by atoms with Gasteiger partial charge in [-0.05, 0) is 54.2 Å². The Hall–Kier alpha value is -1.89. The first-order chi connectivity index (χ1) is 12.1. The summed E-state index contributed by atoms with van der Waals surface area (Å²) in [6, 6.07) is 6.39. The molecule has 1 aromatic carbocycles. The maximum Gasteiger partial charge on any atom is 0.230 e. The Morgan fingerprint density at radius 2 is 2.00 bits per heavy atom. The monoisotopic (exact) mass is 359 g/mol. The van der Waals surface area contributed by atoms with Crippen molar-refractivity contribution in [1.29, 1.82) is 0 Å². The Morgan fingerprint density at radius 1 is 1.28 bits per heavy atom. The topological polar surface area (TPSA) is 72.7 Å². The lowest BCUT2D eigenvalue weighted by atomic mass is 9.86. The smallest absolute Gasteiger partial charge is 0.230 e. The van der Waals surface area contributed by atoms with Crippen LogP contribution in [0.3, 0.4) is 0 Å². The predicted octanol–water partition coefficient (Wildman–Crippen LogP) is 3.07. The molecule has 1 heterocycles. The van der Waals surface area contributed by atoms with Gasteiger partial charge >= 0.3 is 0 Å². The minimum Gasteiger partial charge on any atom is -0.352 e. The van der Waals surface area contributed by atoms with Gasteiger partial charge in [-0.25, -0.2) is 0 Å². The number of tetrazole rings is 1. The van der Waals surface area contributed by atoms with Crippen LogP contribution in [0.5, 0.6) is 0 Å². The molecular formula is C18H25N5OS. The van der Waals surface area contributed by atoms with Gasteiger partial charge in [-0.2, -0.15) is 4.68 Å². The summed E-state index contributed by atoms with van der Waals surface area (Å²) < 4.78 is 1.73. The van der Waals surface area contributed by atoms with Crippen LogP contribution in [-0.2, 0) is 4.79 Å². The van der Waals surface area contributed by atoms with Gasteiger partial charge in [0.1, 0.15) is 0 Å². The number of rotatable bonds is 5. The van der Waals surface area contributed by atoms with Crippen LogP contribution in [0, 0.1) is 19.8 Å². The van der Waals surface area contributed by atoms with Gasteiger partial charge in [0.15, 0.2) is 0 Å². The molecule has 1 aliphatic carbocycles. The molecule has 1 aliphatic rings. The summed E-state index contributed by atoms with van der Waals surface area (Å²) in [5.74, 6) is 0.941. The SMILES string of the molecule is Cc1cccc(C)c1-n1nnnc1SCC(=O)N[C@@H]1CCCC[C@H]1C. The second kappa shape index (κ2) is 7.99. The number of aryl methyl sites for hydroxylation is 2. The molecule has 0 aliphatic heterocycles. The molecule has 0 unspecified atom stereocenters. The standard InChI is InChI=1S/C18H25N5OS/c1-12-7-4-5-10-15(12)19-16(24)11-25-18-20-21-22-23(18)17-13(2)8-6-9-14(17)3/h6,8-9,12,15H,4-5,7,10-11H2,1-3H3,(H,19,24)/t12-,15-/m1/s1. The first kappa shape index (κ1) is 17.9. The molecule has 0 saturated heterocycles. The van der Waals surface area contributed by atoms with Crippen molar-refractivity contribution in [3.63, 3.8) is 0 Å². The number of benzene rings is 1. The van der Waals surface area contributed by atoms with E-state index in [9.17, 15) is 4.79 Å². The molecule has 1 amide bonds. The zero-order valence-electron chi connectivity index (χ0n) is 15.0. The van der Waals surface area contributed by atoms with E-state index in [0.29, 0.717) is 22.9 Å². The van der Waals surface area contributed by atoms with Gasteiger partial charge in [0.05, 0.1) is 11.4 Å². The van der Waals surface area contributed by atoms with Crippen molar-refractivity contribution in [1.82, 2.24) is 25.5 Å². The van der Waals surface area contributed by atoms with Crippen LogP contribution in [0.15, 0.2) is 23.4 Å². The number of para-hydroxylation sites is 1. The van der Waals surface area contributed by atoms with Crippen molar-refractivity contribution < 1.29 is 4.79 Å². The summed E-state index contributed by atoms with van der Waals surface area (Å²) in [6.07, 6.45) is 4.75. The van der Waals surface area contributed by atoms with Crippen LogP contribution < -0.4 is 5.32 Å². The highest BCUT2D eigenvalue weighted by Crippen LogP contribution is 2.25. The third-order valence-corrected chi connectivity index (χ3v) is 5.80. The first-order valence-corrected chi connectivity index (χ1v) is 9.82. The zero-order chi connectivity index (χ0) is 17.8. The van der Waals surface area contributed by atoms with E-state index in [2.05, 4.69) is 27.8 Å². The van der Waals surface area contributed by atoms with Crippen LogP contribution in [0.2, 0.25) is 0 Å². The fraction of sp³-hybridized carbons (Fsp3) is 0.556. The molecule has 3 rings (SSSR count). The summed E-state index contributed by atoms with van der Waals surface area (Å²) >= 11 is 1.38. The van der Waals surface area contributed by atoms with Crippen molar-refractivity contribution in [2.24, 2.45) is 5.92 Å². The average molecular weight is 359 g/mol. The normalized spacial score (nSPS) is 20.4. The maximum absolute atomic E-state index is 12.3. The van der Waals surface area contributed by atoms with E-state index in [1.807, 2.05) is 32.0 Å². The van der Waals surface area contributed by atoms with E-state index < -0.39 is 0 Å². The van der Waals surface area contributed by atoms with Crippen LogP contribution in [-0.4, -0.2) is 37.9 Å². The zero-order valence-corrected chi connectivity index (χ0v) is 15.8. The third kappa shape index (κ3) is 4.21. The Labute approximate surface area is 152 Å². The van der Waals surface area contributed by atoms with Crippen LogP contribution >= 0.6 is 11.8 Å². The lowest BCUT2D eigenvalue weighted by Gasteiger charge is -2.29. The van der Waals surface area contributed by atoms with Crippen LogP contribution in [0.1, 0.15) is 43.7 Å². The molecule has 2 aromatic rings. The number of hydrogen-bond donors (Lipinski definition) is 1. The molecule has 1 aromatic heterocycles. The Bertz CT molecular complexity index is 725. The van der Waals surface area contributed by atoms with E-state index >= 15 is 0 Å². The molecule has 25 heavy (non-hydrogen) atoms. The Kier molecular flexibility index (Phi) is 5.73. The van der Waals surface area contributed by atoms with Crippen molar-refractivity contribution >= 4 is 17.7 Å². The fourth-order valence-electron chi connectivity index (χ4n) is 3.46. The highest BCUT2D eigenvalue weighted by molar-refractivity contribution is 7.99. The summed E-state index contributed by atoms with van der Waals surface area (Å²) in [6.45, 7) is 6.30. The van der Waals surface area contributed by atoms with Crippen molar-refractivity contribution in [3.8, 4) is 5.69 Å². The van der Waals surface area contributed by atoms with Crippen molar-refractivity contribution in [2.45, 2.75) is 57.7 Å². The van der Waals surface area contributed by atoms with E-state index in [1.165, 1.54) is 31.0 Å². The lowest BCUT2D eigenvalue weighted by molar-refractivity contribution is -0.119. The Morgan fingerprint density at radius 3 is 2.72 bits per heavy atom. The number of aromatic nitrogens is 4. The van der Waals surface area contributed by atoms with Crippen molar-refractivity contribution in [2.75, 3.05) is 5.75 Å². The third-order valence-electron chi connectivity index (χ3n) is 4.88. The molecule has 1 N–H and O–H groups in total. The number of thioether (sulfide) groups is 1. The fourth-order valence-corrected chi connectivity index (χ4v) is 4.15. The van der Waals surface area contributed by atoms with Gasteiger partial charge in [-0.3, -0.25) is 4.79 Å². The van der Waals surface area contributed by atoms with Gasteiger partial charge in [-0.1, -0.05) is 49.7 Å². The number of hydrogen-bond acceptors (Lipinski definition) is 5. The molecule has 6 nitrogen and oxygen atoms in total. The van der Waals surface area contributed by atoms with Gasteiger partial charge in [-0.15, -0.1) is 5.10 Å². The minimum absolute atomic E-state index is 0.0554. The number of carbonyl (C=O) groups excluding carboxylic acids is 1.